The van der Waals surface area contributed by atoms with Crippen LogP contribution in [0.1, 0.15) is 24.4 Å². The van der Waals surface area contributed by atoms with Crippen LogP contribution < -0.4 is 14.8 Å². The summed E-state index contributed by atoms with van der Waals surface area (Å²) in [6.07, 6.45) is 2.11. The van der Waals surface area contributed by atoms with Crippen molar-refractivity contribution in [2.45, 2.75) is 18.9 Å². The number of nitrogens with one attached hydrogen (secondary N) is 1. The van der Waals surface area contributed by atoms with Crippen LogP contribution in [0.5, 0.6) is 11.5 Å². The van der Waals surface area contributed by atoms with Crippen molar-refractivity contribution in [3.05, 3.63) is 78.4 Å². The predicted molar refractivity (Wildman–Crippen MR) is 121 cm³/mol. The van der Waals surface area contributed by atoms with E-state index in [0.29, 0.717) is 19.8 Å². The van der Waals surface area contributed by atoms with Gasteiger partial charge < -0.3 is 14.8 Å². The molecule has 2 heterocycles. The molecule has 0 aliphatic carbocycles. The molecule has 158 valence electrons. The van der Waals surface area contributed by atoms with Gasteiger partial charge in [-0.05, 0) is 48.7 Å². The van der Waals surface area contributed by atoms with Crippen LogP contribution in [0.25, 0.3) is 11.1 Å². The standard InChI is InChI=1S/C26H26N2O3/c29-26(27-22-10-5-4-9-21(22)19-7-2-1-3-8-19)18-28-14-6-11-23(28)20-12-13-24-25(17-20)31-16-15-30-24/h1-5,7-10,12-13,17,23H,6,11,14-16,18H2,(H,27,29)/t23-/m1/s1. The number of amides is 1. The molecule has 2 aliphatic rings. The van der Waals surface area contributed by atoms with Crippen LogP contribution in [0.3, 0.4) is 0 Å². The minimum Gasteiger partial charge on any atom is -0.486 e. The number of nitrogens with zero attached hydrogens (tertiary/aromatic N) is 1. The molecule has 0 saturated carbocycles. The first-order valence-electron chi connectivity index (χ1n) is 10.9. The average Bonchev–Trinajstić information content (AvgIpc) is 3.27. The van der Waals surface area contributed by atoms with E-state index >= 15 is 0 Å². The summed E-state index contributed by atoms with van der Waals surface area (Å²) >= 11 is 0. The second-order valence-electron chi connectivity index (χ2n) is 7.99. The van der Waals surface area contributed by atoms with Crippen molar-refractivity contribution >= 4 is 11.6 Å². The number of rotatable bonds is 5. The second-order valence-corrected chi connectivity index (χ2v) is 7.99. The fourth-order valence-electron chi connectivity index (χ4n) is 4.50. The number of hydrogen-bond acceptors (Lipinski definition) is 4. The number of para-hydroxylation sites is 1. The molecule has 3 aromatic rings. The zero-order valence-corrected chi connectivity index (χ0v) is 17.4. The quantitative estimate of drug-likeness (QED) is 0.645. The Labute approximate surface area is 182 Å². The van der Waals surface area contributed by atoms with Crippen LogP contribution in [0.4, 0.5) is 5.69 Å². The SMILES string of the molecule is O=C(CN1CCC[C@@H]1c1ccc2c(c1)OCCO2)Nc1ccccc1-c1ccccc1. The average molecular weight is 415 g/mol. The van der Waals surface area contributed by atoms with E-state index in [9.17, 15) is 4.79 Å². The number of benzene rings is 3. The van der Waals surface area contributed by atoms with Gasteiger partial charge in [0.2, 0.25) is 5.91 Å². The van der Waals surface area contributed by atoms with Gasteiger partial charge in [-0.25, -0.2) is 0 Å². The Bertz CT molecular complexity index is 1070. The van der Waals surface area contributed by atoms with Crippen molar-refractivity contribution < 1.29 is 14.3 Å². The molecule has 5 heteroatoms. The van der Waals surface area contributed by atoms with E-state index in [1.165, 1.54) is 5.56 Å². The summed E-state index contributed by atoms with van der Waals surface area (Å²) in [6, 6.07) is 24.4. The normalized spacial score (nSPS) is 18.0. The topological polar surface area (TPSA) is 50.8 Å². The van der Waals surface area contributed by atoms with Crippen LogP contribution in [0.15, 0.2) is 72.8 Å². The molecule has 2 aliphatic heterocycles. The Morgan fingerprint density at radius 2 is 1.71 bits per heavy atom. The van der Waals surface area contributed by atoms with E-state index in [1.54, 1.807) is 0 Å². The van der Waals surface area contributed by atoms with Gasteiger partial charge in [0.1, 0.15) is 13.2 Å². The Morgan fingerprint density at radius 1 is 0.935 bits per heavy atom. The molecule has 1 N–H and O–H groups in total. The van der Waals surface area contributed by atoms with Gasteiger partial charge in [-0.1, -0.05) is 54.6 Å². The number of fused-ring (bicyclic) bond motifs is 1. The maximum atomic E-state index is 13.0. The summed E-state index contributed by atoms with van der Waals surface area (Å²) in [5.41, 5.74) is 4.14. The highest BCUT2D eigenvalue weighted by molar-refractivity contribution is 5.96. The lowest BCUT2D eigenvalue weighted by Gasteiger charge is -2.26. The van der Waals surface area contributed by atoms with Crippen LogP contribution in [0, 0.1) is 0 Å². The molecule has 3 aromatic carbocycles. The first-order valence-corrected chi connectivity index (χ1v) is 10.9. The summed E-state index contributed by atoms with van der Waals surface area (Å²) in [6.45, 7) is 2.44. The van der Waals surface area contributed by atoms with Crippen LogP contribution in [-0.4, -0.2) is 37.1 Å². The zero-order chi connectivity index (χ0) is 21.0. The molecule has 0 aromatic heterocycles. The number of likely N-dealkylation sites (tertiary alicyclic amines) is 1. The molecule has 5 rings (SSSR count). The first kappa shape index (κ1) is 19.6. The van der Waals surface area contributed by atoms with Crippen molar-refractivity contribution in [1.82, 2.24) is 4.90 Å². The Kier molecular flexibility index (Phi) is 5.59. The summed E-state index contributed by atoms with van der Waals surface area (Å²) < 4.78 is 11.4. The smallest absolute Gasteiger partial charge is 0.238 e. The molecule has 5 nitrogen and oxygen atoms in total. The number of anilines is 1. The molecular formula is C26H26N2O3. The van der Waals surface area contributed by atoms with Crippen LogP contribution in [0.2, 0.25) is 0 Å². The molecule has 1 atom stereocenters. The Morgan fingerprint density at radius 3 is 2.58 bits per heavy atom. The van der Waals surface area contributed by atoms with Gasteiger partial charge in [0.05, 0.1) is 6.54 Å². The predicted octanol–water partition coefficient (Wildman–Crippen LogP) is 4.90. The Hall–Kier alpha value is -3.31. The van der Waals surface area contributed by atoms with Gasteiger partial charge in [0.15, 0.2) is 11.5 Å². The summed E-state index contributed by atoms with van der Waals surface area (Å²) in [5, 5.41) is 3.13. The number of ether oxygens (including phenoxy) is 2. The van der Waals surface area contributed by atoms with E-state index in [1.807, 2.05) is 48.5 Å². The lowest BCUT2D eigenvalue weighted by atomic mass is 10.0. The largest absolute Gasteiger partial charge is 0.486 e. The van der Waals surface area contributed by atoms with Gasteiger partial charge in [0.25, 0.3) is 0 Å². The number of carbonyl (C=O) groups is 1. The maximum Gasteiger partial charge on any atom is 0.238 e. The highest BCUT2D eigenvalue weighted by Crippen LogP contribution is 2.38. The number of hydrogen-bond donors (Lipinski definition) is 1. The second kappa shape index (κ2) is 8.82. The monoisotopic (exact) mass is 414 g/mol. The van der Waals surface area contributed by atoms with E-state index in [2.05, 4.69) is 34.5 Å². The van der Waals surface area contributed by atoms with Crippen molar-refractivity contribution in [3.8, 4) is 22.6 Å². The molecule has 1 amide bonds. The van der Waals surface area contributed by atoms with Crippen molar-refractivity contribution in [2.75, 3.05) is 31.6 Å². The zero-order valence-electron chi connectivity index (χ0n) is 17.4. The fraction of sp³-hybridized carbons (Fsp3) is 0.269. The van der Waals surface area contributed by atoms with Crippen LogP contribution in [-0.2, 0) is 4.79 Å². The Balaban J connectivity index is 1.30. The third-order valence-corrected chi connectivity index (χ3v) is 5.95. The highest BCUT2D eigenvalue weighted by atomic mass is 16.6. The maximum absolute atomic E-state index is 13.0. The number of carbonyl (C=O) groups excluding carboxylic acids is 1. The summed E-state index contributed by atoms with van der Waals surface area (Å²) in [7, 11) is 0. The molecule has 1 saturated heterocycles. The van der Waals surface area contributed by atoms with Gasteiger partial charge in [0, 0.05) is 17.3 Å². The van der Waals surface area contributed by atoms with Gasteiger partial charge in [-0.3, -0.25) is 9.69 Å². The van der Waals surface area contributed by atoms with Crippen molar-refractivity contribution in [3.63, 3.8) is 0 Å². The minimum atomic E-state index is 0.00724. The minimum absolute atomic E-state index is 0.00724. The highest BCUT2D eigenvalue weighted by Gasteiger charge is 2.29. The van der Waals surface area contributed by atoms with E-state index in [-0.39, 0.29) is 11.9 Å². The lowest BCUT2D eigenvalue weighted by molar-refractivity contribution is -0.117. The van der Waals surface area contributed by atoms with Gasteiger partial charge in [-0.2, -0.15) is 0 Å². The molecule has 0 spiro atoms. The molecule has 31 heavy (non-hydrogen) atoms. The summed E-state index contributed by atoms with van der Waals surface area (Å²) in [5.74, 6) is 1.61. The molecule has 0 unspecified atom stereocenters. The van der Waals surface area contributed by atoms with Crippen molar-refractivity contribution in [2.24, 2.45) is 0 Å². The van der Waals surface area contributed by atoms with E-state index in [4.69, 9.17) is 9.47 Å². The third kappa shape index (κ3) is 4.28. The van der Waals surface area contributed by atoms with Gasteiger partial charge in [-0.15, -0.1) is 0 Å². The van der Waals surface area contributed by atoms with E-state index < -0.39 is 0 Å². The molecule has 0 radical (unpaired) electrons. The summed E-state index contributed by atoms with van der Waals surface area (Å²) in [4.78, 5) is 15.2. The van der Waals surface area contributed by atoms with Gasteiger partial charge >= 0.3 is 0 Å². The van der Waals surface area contributed by atoms with Crippen molar-refractivity contribution in [1.29, 1.82) is 0 Å². The van der Waals surface area contributed by atoms with Crippen LogP contribution >= 0.6 is 0 Å². The third-order valence-electron chi connectivity index (χ3n) is 5.95. The first-order chi connectivity index (χ1) is 15.3. The fourth-order valence-corrected chi connectivity index (χ4v) is 4.50. The molecule has 1 fully saturated rings. The lowest BCUT2D eigenvalue weighted by Crippen LogP contribution is -2.33. The van der Waals surface area contributed by atoms with E-state index in [0.717, 1.165) is 47.7 Å². The molecule has 0 bridgehead atoms. The molecular weight excluding hydrogens is 388 g/mol.